The van der Waals surface area contributed by atoms with E-state index in [0.717, 1.165) is 36.4 Å². The second kappa shape index (κ2) is 7.39. The zero-order valence-corrected chi connectivity index (χ0v) is 14.0. The summed E-state index contributed by atoms with van der Waals surface area (Å²) in [6.45, 7) is 5.13. The molecule has 1 aliphatic heterocycles. The molecule has 2 heterocycles. The van der Waals surface area contributed by atoms with E-state index in [1.54, 1.807) is 6.20 Å². The number of pyridine rings is 1. The number of nitrogens with zero attached hydrogens (tertiary/aromatic N) is 2. The molecule has 0 aliphatic carbocycles. The summed E-state index contributed by atoms with van der Waals surface area (Å²) in [4.78, 5) is 7.67. The number of benzene rings is 1. The predicted molar refractivity (Wildman–Crippen MR) is 94.5 cm³/mol. The number of anilines is 1. The molecule has 2 N–H and O–H groups in total. The standard InChI is InChI=1S/C17H20N4OS/c1-2-22-16-8-4-3-7-15(16)21-13-20(12-19-17(21)23)11-14-6-5-9-18-10-14/h3-10H,2,11-13H2,1H3,(H,19,23)/p+1. The van der Waals surface area contributed by atoms with Crippen LogP contribution in [0.2, 0.25) is 0 Å². The molecule has 1 aromatic carbocycles. The molecule has 120 valence electrons. The fourth-order valence-electron chi connectivity index (χ4n) is 2.71. The molecular weight excluding hydrogens is 308 g/mol. The van der Waals surface area contributed by atoms with E-state index in [0.29, 0.717) is 6.61 Å². The largest absolute Gasteiger partial charge is 0.492 e. The fraction of sp³-hybridized carbons (Fsp3) is 0.294. The Hall–Kier alpha value is -2.18. The number of thiocarbonyl (C=S) groups is 1. The molecule has 0 bridgehead atoms. The van der Waals surface area contributed by atoms with Gasteiger partial charge in [0.05, 0.1) is 12.3 Å². The van der Waals surface area contributed by atoms with E-state index in [9.17, 15) is 0 Å². The Labute approximate surface area is 141 Å². The van der Waals surface area contributed by atoms with E-state index in [1.807, 2.05) is 43.5 Å². The lowest BCUT2D eigenvalue weighted by Crippen LogP contribution is -3.16. The van der Waals surface area contributed by atoms with Crippen molar-refractivity contribution in [3.63, 3.8) is 0 Å². The smallest absolute Gasteiger partial charge is 0.182 e. The number of hydrogen-bond acceptors (Lipinski definition) is 3. The molecule has 1 aliphatic rings. The first-order valence-corrected chi connectivity index (χ1v) is 8.18. The van der Waals surface area contributed by atoms with Gasteiger partial charge in [-0.15, -0.1) is 0 Å². The lowest BCUT2D eigenvalue weighted by molar-refractivity contribution is -0.916. The van der Waals surface area contributed by atoms with E-state index in [-0.39, 0.29) is 0 Å². The Morgan fingerprint density at radius 2 is 2.17 bits per heavy atom. The minimum absolute atomic E-state index is 0.636. The van der Waals surface area contributed by atoms with Gasteiger partial charge in [0.25, 0.3) is 0 Å². The van der Waals surface area contributed by atoms with Gasteiger partial charge >= 0.3 is 0 Å². The SMILES string of the molecule is CCOc1ccccc1N1C[NH+](Cc2cccnc2)CNC1=S. The molecule has 0 amide bonds. The van der Waals surface area contributed by atoms with Crippen LogP contribution in [-0.4, -0.2) is 30.0 Å². The van der Waals surface area contributed by atoms with Gasteiger partial charge in [0, 0.05) is 18.0 Å². The molecule has 0 saturated carbocycles. The average molecular weight is 329 g/mol. The summed E-state index contributed by atoms with van der Waals surface area (Å²) >= 11 is 5.50. The van der Waals surface area contributed by atoms with Gasteiger partial charge in [-0.05, 0) is 37.3 Å². The van der Waals surface area contributed by atoms with E-state index >= 15 is 0 Å². The van der Waals surface area contributed by atoms with Crippen molar-refractivity contribution in [1.29, 1.82) is 0 Å². The molecule has 0 spiro atoms. The molecule has 23 heavy (non-hydrogen) atoms. The van der Waals surface area contributed by atoms with Crippen molar-refractivity contribution in [2.75, 3.05) is 24.8 Å². The van der Waals surface area contributed by atoms with Gasteiger partial charge < -0.3 is 10.1 Å². The first kappa shape index (κ1) is 15.7. The molecule has 3 rings (SSSR count). The predicted octanol–water partition coefficient (Wildman–Crippen LogP) is 1.17. The Morgan fingerprint density at radius 1 is 1.30 bits per heavy atom. The van der Waals surface area contributed by atoms with Gasteiger partial charge in [-0.3, -0.25) is 14.8 Å². The highest BCUT2D eigenvalue weighted by Gasteiger charge is 2.26. The van der Waals surface area contributed by atoms with Crippen molar-refractivity contribution in [3.8, 4) is 5.75 Å². The molecule has 6 heteroatoms. The van der Waals surface area contributed by atoms with Crippen molar-refractivity contribution in [2.45, 2.75) is 13.5 Å². The van der Waals surface area contributed by atoms with Crippen molar-refractivity contribution in [3.05, 3.63) is 54.4 Å². The molecule has 1 unspecified atom stereocenters. The second-order valence-corrected chi connectivity index (χ2v) is 5.82. The number of aromatic nitrogens is 1. The molecule has 0 radical (unpaired) electrons. The van der Waals surface area contributed by atoms with E-state index in [2.05, 4.69) is 21.3 Å². The summed E-state index contributed by atoms with van der Waals surface area (Å²) in [6, 6.07) is 12.1. The van der Waals surface area contributed by atoms with Gasteiger partial charge in [0.2, 0.25) is 0 Å². The molecule has 5 nitrogen and oxygen atoms in total. The van der Waals surface area contributed by atoms with Gasteiger partial charge in [-0.25, -0.2) is 0 Å². The fourth-order valence-corrected chi connectivity index (χ4v) is 2.94. The quantitative estimate of drug-likeness (QED) is 0.806. The van der Waals surface area contributed by atoms with Crippen molar-refractivity contribution in [1.82, 2.24) is 10.3 Å². The summed E-state index contributed by atoms with van der Waals surface area (Å²) in [5, 5.41) is 4.06. The average Bonchev–Trinajstić information content (AvgIpc) is 2.59. The first-order valence-electron chi connectivity index (χ1n) is 7.77. The highest BCUT2D eigenvalue weighted by molar-refractivity contribution is 7.80. The van der Waals surface area contributed by atoms with E-state index < -0.39 is 0 Å². The Kier molecular flexibility index (Phi) is 5.05. The number of nitrogens with one attached hydrogen (secondary N) is 2. The highest BCUT2D eigenvalue weighted by atomic mass is 32.1. The zero-order chi connectivity index (χ0) is 16.1. The Balaban J connectivity index is 1.77. The van der Waals surface area contributed by atoms with Crippen LogP contribution in [0.4, 0.5) is 5.69 Å². The lowest BCUT2D eigenvalue weighted by Gasteiger charge is -2.35. The van der Waals surface area contributed by atoms with Gasteiger partial charge in [0.15, 0.2) is 18.4 Å². The van der Waals surface area contributed by atoms with Gasteiger partial charge in [-0.2, -0.15) is 0 Å². The zero-order valence-electron chi connectivity index (χ0n) is 13.2. The van der Waals surface area contributed by atoms with Crippen LogP contribution < -0.4 is 19.9 Å². The topological polar surface area (TPSA) is 41.8 Å². The van der Waals surface area contributed by atoms with Gasteiger partial charge in [0.1, 0.15) is 12.3 Å². The Bertz CT molecular complexity index is 665. The van der Waals surface area contributed by atoms with Crippen LogP contribution in [0.3, 0.4) is 0 Å². The molecule has 2 aromatic rings. The maximum Gasteiger partial charge on any atom is 0.182 e. The maximum atomic E-state index is 5.74. The molecule has 1 aromatic heterocycles. The van der Waals surface area contributed by atoms with Crippen LogP contribution in [0.25, 0.3) is 0 Å². The molecular formula is C17H21N4OS+. The van der Waals surface area contributed by atoms with Crippen LogP contribution in [0.15, 0.2) is 48.8 Å². The maximum absolute atomic E-state index is 5.74. The van der Waals surface area contributed by atoms with Gasteiger partial charge in [-0.1, -0.05) is 18.2 Å². The van der Waals surface area contributed by atoms with Crippen molar-refractivity contribution >= 4 is 23.0 Å². The molecule has 1 saturated heterocycles. The minimum Gasteiger partial charge on any atom is -0.492 e. The van der Waals surface area contributed by atoms with E-state index in [4.69, 9.17) is 17.0 Å². The lowest BCUT2D eigenvalue weighted by atomic mass is 10.2. The molecule has 1 atom stereocenters. The first-order chi connectivity index (χ1) is 11.3. The number of ether oxygens (including phenoxy) is 1. The summed E-state index contributed by atoms with van der Waals surface area (Å²) in [7, 11) is 0. The van der Waals surface area contributed by atoms with Crippen molar-refractivity contribution in [2.24, 2.45) is 0 Å². The monoisotopic (exact) mass is 329 g/mol. The summed E-state index contributed by atoms with van der Waals surface area (Å²) in [5.41, 5.74) is 2.23. The van der Waals surface area contributed by atoms with Crippen LogP contribution in [0.5, 0.6) is 5.75 Å². The summed E-state index contributed by atoms with van der Waals surface area (Å²) < 4.78 is 5.74. The Morgan fingerprint density at radius 3 is 2.96 bits per heavy atom. The number of hydrogen-bond donors (Lipinski definition) is 2. The summed E-state index contributed by atoms with van der Waals surface area (Å²) in [5.74, 6) is 0.863. The van der Waals surface area contributed by atoms with Crippen molar-refractivity contribution < 1.29 is 9.64 Å². The van der Waals surface area contributed by atoms with Crippen LogP contribution in [0, 0.1) is 0 Å². The van der Waals surface area contributed by atoms with Crippen LogP contribution >= 0.6 is 12.2 Å². The molecule has 1 fully saturated rings. The number of rotatable bonds is 5. The number of quaternary nitrogens is 1. The van der Waals surface area contributed by atoms with Crippen LogP contribution in [0.1, 0.15) is 12.5 Å². The third-order valence-corrected chi connectivity index (χ3v) is 4.11. The normalized spacial score (nSPS) is 17.7. The number of para-hydroxylation sites is 2. The summed E-state index contributed by atoms with van der Waals surface area (Å²) in [6.07, 6.45) is 3.71. The third-order valence-electron chi connectivity index (χ3n) is 3.75. The highest BCUT2D eigenvalue weighted by Crippen LogP contribution is 2.27. The minimum atomic E-state index is 0.636. The van der Waals surface area contributed by atoms with E-state index in [1.165, 1.54) is 10.5 Å². The third kappa shape index (κ3) is 3.78. The second-order valence-electron chi connectivity index (χ2n) is 5.43. The van der Waals surface area contributed by atoms with Crippen LogP contribution in [-0.2, 0) is 6.54 Å².